The lowest BCUT2D eigenvalue weighted by Gasteiger charge is -2.10. The molecule has 1 heterocycles. The molecule has 0 saturated heterocycles. The molecule has 0 unspecified atom stereocenters. The third kappa shape index (κ3) is 5.86. The summed E-state index contributed by atoms with van der Waals surface area (Å²) < 4.78 is 11.1. The van der Waals surface area contributed by atoms with Crippen molar-refractivity contribution in [2.45, 2.75) is 32.3 Å². The molecule has 0 atom stereocenters. The number of benzene rings is 2. The molecular formula is C26H24N4O4S. The van der Waals surface area contributed by atoms with Crippen LogP contribution in [0, 0.1) is 11.3 Å². The normalized spacial score (nSPS) is 12.5. The van der Waals surface area contributed by atoms with E-state index >= 15 is 0 Å². The molecule has 9 heteroatoms. The fourth-order valence-corrected chi connectivity index (χ4v) is 5.02. The summed E-state index contributed by atoms with van der Waals surface area (Å²) in [5.41, 5.74) is 5.25. The van der Waals surface area contributed by atoms with E-state index in [1.165, 1.54) is 17.6 Å². The van der Waals surface area contributed by atoms with E-state index in [1.54, 1.807) is 19.2 Å². The maximum atomic E-state index is 12.4. The second-order valence-electron chi connectivity index (χ2n) is 7.86. The number of para-hydroxylation sites is 1. The number of rotatable bonds is 7. The number of thiophene rings is 1. The maximum absolute atomic E-state index is 12.4. The molecule has 2 amide bonds. The molecule has 0 saturated carbocycles. The van der Waals surface area contributed by atoms with Crippen LogP contribution in [-0.2, 0) is 29.0 Å². The Morgan fingerprint density at radius 3 is 2.80 bits per heavy atom. The molecule has 0 spiro atoms. The summed E-state index contributed by atoms with van der Waals surface area (Å²) in [5, 5.41) is 16.4. The van der Waals surface area contributed by atoms with Crippen LogP contribution in [-0.4, -0.2) is 25.1 Å². The van der Waals surface area contributed by atoms with Gasteiger partial charge in [0.25, 0.3) is 0 Å². The van der Waals surface area contributed by atoms with Crippen molar-refractivity contribution in [1.29, 1.82) is 5.26 Å². The summed E-state index contributed by atoms with van der Waals surface area (Å²) in [4.78, 5) is 25.8. The van der Waals surface area contributed by atoms with Gasteiger partial charge in [0.05, 0.1) is 18.9 Å². The number of fused-ring (bicyclic) bond motifs is 1. The molecule has 3 aromatic rings. The minimum Gasteiger partial charge on any atom is -0.497 e. The Balaban J connectivity index is 1.36. The Hall–Kier alpha value is -4.16. The first-order valence-electron chi connectivity index (χ1n) is 11.1. The van der Waals surface area contributed by atoms with Gasteiger partial charge < -0.3 is 14.8 Å². The van der Waals surface area contributed by atoms with E-state index in [2.05, 4.69) is 21.9 Å². The lowest BCUT2D eigenvalue weighted by molar-refractivity contribution is -0.136. The van der Waals surface area contributed by atoms with Gasteiger partial charge in [0.1, 0.15) is 29.2 Å². The number of hydrogen-bond donors (Lipinski definition) is 2. The standard InChI is InChI=1S/C26H24N4O4S/c1-33-19-9-6-7-17(13-19)16-34-22-11-4-2-8-18(22)15-28-30-25(32)24(31)29-26-21(14-27)20-10-3-5-12-23(20)35-26/h2,4,6-9,11,13,15H,3,5,10,12,16H2,1H3,(H,29,31)(H,30,32)/b28-15+. The molecule has 1 aliphatic carbocycles. The van der Waals surface area contributed by atoms with E-state index < -0.39 is 11.8 Å². The van der Waals surface area contributed by atoms with Gasteiger partial charge in [-0.3, -0.25) is 9.59 Å². The molecule has 4 rings (SSSR count). The minimum absolute atomic E-state index is 0.322. The fraction of sp³-hybridized carbons (Fsp3) is 0.231. The predicted molar refractivity (Wildman–Crippen MR) is 134 cm³/mol. The van der Waals surface area contributed by atoms with Crippen LogP contribution in [0.1, 0.15) is 40.0 Å². The van der Waals surface area contributed by atoms with Crippen molar-refractivity contribution in [1.82, 2.24) is 5.43 Å². The van der Waals surface area contributed by atoms with Crippen LogP contribution in [0.3, 0.4) is 0 Å². The van der Waals surface area contributed by atoms with Crippen molar-refractivity contribution in [2.75, 3.05) is 12.4 Å². The number of amides is 2. The number of nitrogens with zero attached hydrogens (tertiary/aromatic N) is 2. The van der Waals surface area contributed by atoms with Gasteiger partial charge in [0, 0.05) is 10.4 Å². The summed E-state index contributed by atoms with van der Waals surface area (Å²) in [6.07, 6.45) is 5.20. The monoisotopic (exact) mass is 488 g/mol. The lowest BCUT2D eigenvalue weighted by atomic mass is 9.96. The minimum atomic E-state index is -0.925. The molecule has 0 fully saturated rings. The van der Waals surface area contributed by atoms with Crippen LogP contribution in [0.4, 0.5) is 5.00 Å². The summed E-state index contributed by atoms with van der Waals surface area (Å²) in [5.74, 6) is -0.488. The number of nitrogens with one attached hydrogen (secondary N) is 2. The summed E-state index contributed by atoms with van der Waals surface area (Å²) in [6, 6.07) is 16.9. The number of hydrogen-bond acceptors (Lipinski definition) is 7. The number of nitriles is 1. The maximum Gasteiger partial charge on any atom is 0.329 e. The molecule has 178 valence electrons. The number of carbonyl (C=O) groups excluding carboxylic acids is 2. The van der Waals surface area contributed by atoms with E-state index in [0.717, 1.165) is 47.4 Å². The first kappa shape index (κ1) is 24.0. The zero-order chi connectivity index (χ0) is 24.6. The van der Waals surface area contributed by atoms with Crippen molar-refractivity contribution < 1.29 is 19.1 Å². The van der Waals surface area contributed by atoms with Crippen LogP contribution in [0.15, 0.2) is 53.6 Å². The van der Waals surface area contributed by atoms with Crippen molar-refractivity contribution in [2.24, 2.45) is 5.10 Å². The quantitative estimate of drug-likeness (QED) is 0.294. The zero-order valence-corrected chi connectivity index (χ0v) is 20.0. The van der Waals surface area contributed by atoms with Crippen LogP contribution in [0.25, 0.3) is 0 Å². The van der Waals surface area contributed by atoms with Crippen LogP contribution >= 0.6 is 11.3 Å². The number of aryl methyl sites for hydroxylation is 1. The Bertz CT molecular complexity index is 1310. The number of ether oxygens (including phenoxy) is 2. The van der Waals surface area contributed by atoms with Crippen LogP contribution in [0.5, 0.6) is 11.5 Å². The second-order valence-corrected chi connectivity index (χ2v) is 8.96. The van der Waals surface area contributed by atoms with Crippen molar-refractivity contribution in [3.63, 3.8) is 0 Å². The number of methoxy groups -OCH3 is 1. The van der Waals surface area contributed by atoms with Gasteiger partial charge in [0.15, 0.2) is 0 Å². The van der Waals surface area contributed by atoms with Gasteiger partial charge in [-0.05, 0) is 61.1 Å². The smallest absolute Gasteiger partial charge is 0.329 e. The van der Waals surface area contributed by atoms with E-state index in [-0.39, 0.29) is 0 Å². The Morgan fingerprint density at radius 1 is 1.14 bits per heavy atom. The largest absolute Gasteiger partial charge is 0.497 e. The van der Waals surface area contributed by atoms with Gasteiger partial charge >= 0.3 is 11.8 Å². The molecule has 1 aromatic heterocycles. The van der Waals surface area contributed by atoms with Gasteiger partial charge in [-0.1, -0.05) is 24.3 Å². The third-order valence-corrected chi connectivity index (χ3v) is 6.74. The van der Waals surface area contributed by atoms with Crippen LogP contribution < -0.4 is 20.2 Å². The first-order valence-corrected chi connectivity index (χ1v) is 11.9. The molecule has 0 aliphatic heterocycles. The molecular weight excluding hydrogens is 464 g/mol. The lowest BCUT2D eigenvalue weighted by Crippen LogP contribution is -2.32. The second kappa shape index (κ2) is 11.3. The molecule has 35 heavy (non-hydrogen) atoms. The predicted octanol–water partition coefficient (Wildman–Crippen LogP) is 4.17. The average molecular weight is 489 g/mol. The third-order valence-electron chi connectivity index (χ3n) is 5.53. The highest BCUT2D eigenvalue weighted by Gasteiger charge is 2.23. The highest BCUT2D eigenvalue weighted by molar-refractivity contribution is 7.16. The molecule has 2 N–H and O–H groups in total. The van der Waals surface area contributed by atoms with Gasteiger partial charge in [-0.25, -0.2) is 5.43 Å². The van der Waals surface area contributed by atoms with E-state index in [1.807, 2.05) is 36.4 Å². The number of hydrazone groups is 1. The molecule has 0 bridgehead atoms. The van der Waals surface area contributed by atoms with Gasteiger partial charge in [0.2, 0.25) is 0 Å². The molecule has 2 aromatic carbocycles. The number of carbonyl (C=O) groups is 2. The molecule has 0 radical (unpaired) electrons. The van der Waals surface area contributed by atoms with Crippen LogP contribution in [0.2, 0.25) is 0 Å². The van der Waals surface area contributed by atoms with Gasteiger partial charge in [-0.2, -0.15) is 10.4 Å². The highest BCUT2D eigenvalue weighted by Crippen LogP contribution is 2.37. The number of anilines is 1. The highest BCUT2D eigenvalue weighted by atomic mass is 32.1. The first-order chi connectivity index (χ1) is 17.1. The van der Waals surface area contributed by atoms with Gasteiger partial charge in [-0.15, -0.1) is 11.3 Å². The molecule has 1 aliphatic rings. The SMILES string of the molecule is COc1cccc(COc2ccccc2/C=N/NC(=O)C(=O)Nc2sc3c(c2C#N)CCCC3)c1. The Morgan fingerprint density at radius 2 is 1.97 bits per heavy atom. The summed E-state index contributed by atoms with van der Waals surface area (Å²) in [6.45, 7) is 0.322. The van der Waals surface area contributed by atoms with Crippen molar-refractivity contribution in [3.8, 4) is 17.6 Å². The molecule has 8 nitrogen and oxygen atoms in total. The van der Waals surface area contributed by atoms with E-state index in [0.29, 0.717) is 28.5 Å². The topological polar surface area (TPSA) is 113 Å². The summed E-state index contributed by atoms with van der Waals surface area (Å²) >= 11 is 1.36. The van der Waals surface area contributed by atoms with E-state index in [9.17, 15) is 14.9 Å². The van der Waals surface area contributed by atoms with E-state index in [4.69, 9.17) is 9.47 Å². The van der Waals surface area contributed by atoms with Crippen molar-refractivity contribution in [3.05, 3.63) is 75.7 Å². The summed E-state index contributed by atoms with van der Waals surface area (Å²) in [7, 11) is 1.61. The Labute approximate surface area is 207 Å². The van der Waals surface area contributed by atoms with Crippen molar-refractivity contribution >= 4 is 34.4 Å². The Kier molecular flexibility index (Phi) is 7.75. The average Bonchev–Trinajstić information content (AvgIpc) is 3.24. The fourth-order valence-electron chi connectivity index (χ4n) is 3.79. The zero-order valence-electron chi connectivity index (χ0n) is 19.2.